The van der Waals surface area contributed by atoms with Gasteiger partial charge in [0.25, 0.3) is 0 Å². The van der Waals surface area contributed by atoms with Crippen molar-refractivity contribution in [2.75, 3.05) is 33.4 Å². The third-order valence-electron chi connectivity index (χ3n) is 6.91. The van der Waals surface area contributed by atoms with E-state index in [1.807, 2.05) is 41.1 Å². The van der Waals surface area contributed by atoms with Crippen LogP contribution in [0.5, 0.6) is 5.75 Å². The number of amides is 2. The summed E-state index contributed by atoms with van der Waals surface area (Å²) in [6, 6.07) is 16.9. The highest BCUT2D eigenvalue weighted by Gasteiger charge is 2.42. The molecule has 1 atom stereocenters. The molecule has 0 saturated carbocycles. The zero-order chi connectivity index (χ0) is 27.8. The predicted molar refractivity (Wildman–Crippen MR) is 151 cm³/mol. The summed E-state index contributed by atoms with van der Waals surface area (Å²) in [4.78, 5) is 34.6. The minimum Gasteiger partial charge on any atom is -0.490 e. The number of carbonyl (C=O) groups excluding carboxylic acids is 2. The van der Waals surface area contributed by atoms with Crippen LogP contribution in [0.2, 0.25) is 5.02 Å². The maximum absolute atomic E-state index is 13.4. The van der Waals surface area contributed by atoms with E-state index in [1.165, 1.54) is 0 Å². The van der Waals surface area contributed by atoms with E-state index in [0.717, 1.165) is 11.4 Å². The third kappa shape index (κ3) is 7.83. The second-order valence-corrected chi connectivity index (χ2v) is 10.8. The quantitative estimate of drug-likeness (QED) is 0.342. The number of ether oxygens (including phenoxy) is 2. The van der Waals surface area contributed by atoms with Crippen LogP contribution in [0.15, 0.2) is 67.0 Å². The van der Waals surface area contributed by atoms with Crippen LogP contribution in [-0.4, -0.2) is 70.1 Å². The molecule has 208 valence electrons. The van der Waals surface area contributed by atoms with E-state index >= 15 is 0 Å². The molecule has 1 saturated heterocycles. The summed E-state index contributed by atoms with van der Waals surface area (Å²) in [5.41, 5.74) is 0.0645. The highest BCUT2D eigenvalue weighted by Crippen LogP contribution is 2.27. The smallest absolute Gasteiger partial charge is 0.225 e. The number of morpholine rings is 1. The molecule has 8 nitrogen and oxygen atoms in total. The van der Waals surface area contributed by atoms with Gasteiger partial charge in [0.05, 0.1) is 19.6 Å². The SMILES string of the molecule is CC(C)c1nccn1CCC(=O)N1CCO[C@@](COc2ccc(Cl)cc2)(CC(=O)N(C)Cc2ccccc2)C1. The van der Waals surface area contributed by atoms with Gasteiger partial charge in [-0.2, -0.15) is 0 Å². The zero-order valence-electron chi connectivity index (χ0n) is 22.9. The van der Waals surface area contributed by atoms with Gasteiger partial charge in [-0.25, -0.2) is 4.98 Å². The van der Waals surface area contributed by atoms with E-state index in [4.69, 9.17) is 21.1 Å². The molecule has 2 amide bonds. The first-order chi connectivity index (χ1) is 18.7. The average Bonchev–Trinajstić information content (AvgIpc) is 3.41. The van der Waals surface area contributed by atoms with E-state index in [1.54, 1.807) is 47.3 Å². The van der Waals surface area contributed by atoms with Crippen LogP contribution in [0.1, 0.15) is 44.0 Å². The fourth-order valence-corrected chi connectivity index (χ4v) is 4.92. The van der Waals surface area contributed by atoms with E-state index in [9.17, 15) is 9.59 Å². The Balaban J connectivity index is 1.46. The summed E-state index contributed by atoms with van der Waals surface area (Å²) in [6.07, 6.45) is 4.11. The first-order valence-electron chi connectivity index (χ1n) is 13.3. The van der Waals surface area contributed by atoms with E-state index in [0.29, 0.717) is 43.4 Å². The molecule has 1 fully saturated rings. The van der Waals surface area contributed by atoms with Crippen molar-refractivity contribution in [1.29, 1.82) is 0 Å². The Kier molecular flexibility index (Phi) is 9.64. The molecule has 0 radical (unpaired) electrons. The molecule has 2 heterocycles. The van der Waals surface area contributed by atoms with Gasteiger partial charge in [-0.1, -0.05) is 55.8 Å². The van der Waals surface area contributed by atoms with Crippen molar-refractivity contribution in [2.24, 2.45) is 0 Å². The molecular weight excluding hydrogens is 516 g/mol. The Labute approximate surface area is 235 Å². The number of hydrogen-bond acceptors (Lipinski definition) is 5. The molecule has 4 rings (SSSR count). The van der Waals surface area contributed by atoms with Crippen molar-refractivity contribution in [3.05, 3.63) is 83.4 Å². The van der Waals surface area contributed by atoms with Crippen molar-refractivity contribution in [1.82, 2.24) is 19.4 Å². The van der Waals surface area contributed by atoms with Gasteiger partial charge < -0.3 is 23.8 Å². The van der Waals surface area contributed by atoms with Crippen LogP contribution in [0.4, 0.5) is 0 Å². The third-order valence-corrected chi connectivity index (χ3v) is 7.16. The highest BCUT2D eigenvalue weighted by molar-refractivity contribution is 6.30. The average molecular weight is 553 g/mol. The van der Waals surface area contributed by atoms with Crippen molar-refractivity contribution < 1.29 is 19.1 Å². The summed E-state index contributed by atoms with van der Waals surface area (Å²) >= 11 is 6.03. The lowest BCUT2D eigenvalue weighted by molar-refractivity contribution is -0.165. The summed E-state index contributed by atoms with van der Waals surface area (Å²) in [6.45, 7) is 6.40. The number of hydrogen-bond donors (Lipinski definition) is 0. The van der Waals surface area contributed by atoms with Crippen LogP contribution in [0.3, 0.4) is 0 Å². The van der Waals surface area contributed by atoms with Crippen LogP contribution >= 0.6 is 11.6 Å². The second kappa shape index (κ2) is 13.1. The molecular formula is C30H37ClN4O4. The lowest BCUT2D eigenvalue weighted by Gasteiger charge is -2.42. The van der Waals surface area contributed by atoms with Crippen molar-refractivity contribution in [2.45, 2.75) is 51.3 Å². The number of aryl methyl sites for hydroxylation is 1. The standard InChI is InChI=1S/C30H37ClN4O4/c1-23(2)29-32-14-16-34(29)15-13-27(36)35-17-18-39-30(21-35,22-38-26-11-9-25(31)10-12-26)19-28(37)33(3)20-24-7-5-4-6-8-24/h4-12,14,16,23H,13,15,17-22H2,1-3H3/t30-/m0/s1. The number of imidazole rings is 1. The Bertz CT molecular complexity index is 1230. The number of aromatic nitrogens is 2. The fraction of sp³-hybridized carbons (Fsp3) is 0.433. The highest BCUT2D eigenvalue weighted by atomic mass is 35.5. The molecule has 0 unspecified atom stereocenters. The minimum absolute atomic E-state index is 0.0164. The topological polar surface area (TPSA) is 76.9 Å². The Hall–Kier alpha value is -3.36. The molecule has 9 heteroatoms. The Morgan fingerprint density at radius 2 is 1.90 bits per heavy atom. The van der Waals surface area contributed by atoms with Crippen molar-refractivity contribution >= 4 is 23.4 Å². The second-order valence-electron chi connectivity index (χ2n) is 10.4. The van der Waals surface area contributed by atoms with Gasteiger partial charge >= 0.3 is 0 Å². The number of benzene rings is 2. The molecule has 1 aromatic heterocycles. The van der Waals surface area contributed by atoms with Crippen LogP contribution < -0.4 is 4.74 Å². The molecule has 0 N–H and O–H groups in total. The van der Waals surface area contributed by atoms with Crippen LogP contribution in [0.25, 0.3) is 0 Å². The molecule has 1 aliphatic rings. The molecule has 0 bridgehead atoms. The lowest BCUT2D eigenvalue weighted by atomic mass is 9.96. The summed E-state index contributed by atoms with van der Waals surface area (Å²) < 4.78 is 14.4. The number of halogens is 1. The van der Waals surface area contributed by atoms with E-state index in [-0.39, 0.29) is 37.3 Å². The van der Waals surface area contributed by atoms with Crippen LogP contribution in [0, 0.1) is 0 Å². The van der Waals surface area contributed by atoms with Crippen LogP contribution in [-0.2, 0) is 27.4 Å². The van der Waals surface area contributed by atoms with Crippen molar-refractivity contribution in [3.63, 3.8) is 0 Å². The maximum Gasteiger partial charge on any atom is 0.225 e. The normalized spacial score (nSPS) is 17.3. The monoisotopic (exact) mass is 552 g/mol. The summed E-state index contributed by atoms with van der Waals surface area (Å²) in [5, 5.41) is 0.610. The largest absolute Gasteiger partial charge is 0.490 e. The Morgan fingerprint density at radius 3 is 2.62 bits per heavy atom. The Morgan fingerprint density at radius 1 is 1.15 bits per heavy atom. The zero-order valence-corrected chi connectivity index (χ0v) is 23.6. The van der Waals surface area contributed by atoms with Gasteiger partial charge in [0, 0.05) is 56.4 Å². The minimum atomic E-state index is -0.978. The van der Waals surface area contributed by atoms with Crippen molar-refractivity contribution in [3.8, 4) is 5.75 Å². The maximum atomic E-state index is 13.4. The van der Waals surface area contributed by atoms with Gasteiger partial charge in [-0.05, 0) is 29.8 Å². The van der Waals surface area contributed by atoms with Gasteiger partial charge in [-0.3, -0.25) is 9.59 Å². The number of rotatable bonds is 11. The molecule has 2 aromatic carbocycles. The number of carbonyl (C=O) groups is 2. The molecule has 39 heavy (non-hydrogen) atoms. The van der Waals surface area contributed by atoms with Gasteiger partial charge in [0.1, 0.15) is 23.8 Å². The summed E-state index contributed by atoms with van der Waals surface area (Å²) in [7, 11) is 1.78. The van der Waals surface area contributed by atoms with Gasteiger partial charge in [-0.15, -0.1) is 0 Å². The predicted octanol–water partition coefficient (Wildman–Crippen LogP) is 4.78. The molecule has 0 aliphatic carbocycles. The summed E-state index contributed by atoms with van der Waals surface area (Å²) in [5.74, 6) is 1.80. The fourth-order valence-electron chi connectivity index (χ4n) is 4.79. The van der Waals surface area contributed by atoms with E-state index in [2.05, 4.69) is 18.8 Å². The molecule has 3 aromatic rings. The number of nitrogens with zero attached hydrogens (tertiary/aromatic N) is 4. The lowest BCUT2D eigenvalue weighted by Crippen LogP contribution is -2.58. The molecule has 1 aliphatic heterocycles. The van der Waals surface area contributed by atoms with Gasteiger partial charge in [0.15, 0.2) is 0 Å². The van der Waals surface area contributed by atoms with Gasteiger partial charge in [0.2, 0.25) is 11.8 Å². The molecule has 0 spiro atoms. The first kappa shape index (κ1) is 28.6. The van der Waals surface area contributed by atoms with E-state index < -0.39 is 5.60 Å². The first-order valence-corrected chi connectivity index (χ1v) is 13.7.